The first kappa shape index (κ1) is 23.5. The lowest BCUT2D eigenvalue weighted by molar-refractivity contribution is -0.00677. The molecular formula is C16H21FN6O6S2. The largest absolute Gasteiger partial charge is 0.393 e. The Kier molecular flexibility index (Phi) is 7.90. The molecule has 0 unspecified atom stereocenters. The van der Waals surface area contributed by atoms with Crippen LogP contribution in [0.25, 0.3) is 0 Å². The normalized spacial score (nSPS) is 25.3. The van der Waals surface area contributed by atoms with Crippen LogP contribution >= 0.6 is 23.5 Å². The van der Waals surface area contributed by atoms with Gasteiger partial charge in [-0.2, -0.15) is 9.97 Å². The molecule has 0 bridgehead atoms. The minimum Gasteiger partial charge on any atom is -0.393 e. The van der Waals surface area contributed by atoms with Crippen LogP contribution in [0.3, 0.4) is 0 Å². The molecule has 170 valence electrons. The van der Waals surface area contributed by atoms with E-state index in [4.69, 9.17) is 31.2 Å². The minimum absolute atomic E-state index is 0.0572. The Morgan fingerprint density at radius 1 is 1.03 bits per heavy atom. The van der Waals surface area contributed by atoms with Crippen LogP contribution in [-0.4, -0.2) is 64.9 Å². The highest BCUT2D eigenvalue weighted by Crippen LogP contribution is 2.31. The molecule has 12 nitrogen and oxygen atoms in total. The van der Waals surface area contributed by atoms with Crippen LogP contribution in [0.2, 0.25) is 0 Å². The molecule has 15 heteroatoms. The van der Waals surface area contributed by atoms with Crippen molar-refractivity contribution in [1.29, 1.82) is 0 Å². The molecule has 4 rings (SSSR count). The Balaban J connectivity index is 0.000000176. The highest BCUT2D eigenvalue weighted by Gasteiger charge is 2.28. The van der Waals surface area contributed by atoms with Crippen LogP contribution in [0.5, 0.6) is 0 Å². The summed E-state index contributed by atoms with van der Waals surface area (Å²) in [5, 5.41) is 17.7. The van der Waals surface area contributed by atoms with E-state index in [1.54, 1.807) is 12.3 Å². The topological polar surface area (TPSA) is 181 Å². The van der Waals surface area contributed by atoms with Gasteiger partial charge in [-0.25, -0.2) is 14.0 Å². The van der Waals surface area contributed by atoms with Gasteiger partial charge in [0, 0.05) is 17.7 Å². The number of anilines is 2. The molecule has 0 spiro atoms. The van der Waals surface area contributed by atoms with Crippen molar-refractivity contribution in [2.75, 3.05) is 36.2 Å². The Bertz CT molecular complexity index is 1020. The average molecular weight is 477 g/mol. The molecule has 0 aromatic carbocycles. The predicted molar refractivity (Wildman–Crippen MR) is 113 cm³/mol. The van der Waals surface area contributed by atoms with E-state index < -0.39 is 34.7 Å². The third kappa shape index (κ3) is 5.75. The Morgan fingerprint density at radius 2 is 1.58 bits per heavy atom. The number of ether oxygens (including phenoxy) is 2. The summed E-state index contributed by atoms with van der Waals surface area (Å²) in [6.07, 6.45) is 1.54. The van der Waals surface area contributed by atoms with Crippen molar-refractivity contribution in [3.8, 4) is 0 Å². The third-order valence-corrected chi connectivity index (χ3v) is 6.39. The lowest BCUT2D eigenvalue weighted by atomic mass is 10.5. The van der Waals surface area contributed by atoms with Crippen molar-refractivity contribution in [2.45, 2.75) is 23.3 Å². The molecule has 0 aliphatic carbocycles. The van der Waals surface area contributed by atoms with Crippen molar-refractivity contribution in [2.24, 2.45) is 0 Å². The van der Waals surface area contributed by atoms with E-state index in [1.807, 2.05) is 0 Å². The second-order valence-corrected chi connectivity index (χ2v) is 8.66. The van der Waals surface area contributed by atoms with Crippen LogP contribution in [0.1, 0.15) is 12.5 Å². The molecule has 6 N–H and O–H groups in total. The number of nitrogens with zero attached hydrogens (tertiary/aromatic N) is 4. The Labute approximate surface area is 183 Å². The standard InChI is InChI=1S/C8H10FN3O3S.C8H11N3O3S/c9-4-1-12(8(14)11-7(4)10)5-3-16-6(2-13)15-5;9-5-1-2-11(8(13)10-5)6-4-15-7(3-12)14-6/h1,5-6,13H,2-3H2,(H2,10,11,14);1-2,6-7,12H,3-4H2,(H2,9,10,13)/t5-,6-;6-,7-/m00/s1. The van der Waals surface area contributed by atoms with Crippen LogP contribution in [0, 0.1) is 5.82 Å². The number of nitrogens with two attached hydrogens (primary N) is 2. The van der Waals surface area contributed by atoms with Crippen LogP contribution in [0.4, 0.5) is 16.0 Å². The maximum absolute atomic E-state index is 13.1. The van der Waals surface area contributed by atoms with Gasteiger partial charge in [-0.15, -0.1) is 23.5 Å². The molecule has 2 aliphatic heterocycles. The highest BCUT2D eigenvalue weighted by molar-refractivity contribution is 8.00. The average Bonchev–Trinajstić information content (AvgIpc) is 3.40. The zero-order valence-electron chi connectivity index (χ0n) is 16.0. The lowest BCUT2D eigenvalue weighted by Crippen LogP contribution is -2.29. The summed E-state index contributed by atoms with van der Waals surface area (Å²) in [5.74, 6) is 0.0826. The van der Waals surface area contributed by atoms with Gasteiger partial charge in [-0.3, -0.25) is 9.13 Å². The third-order valence-electron chi connectivity index (χ3n) is 4.17. The van der Waals surface area contributed by atoms with Gasteiger partial charge in [0.25, 0.3) is 0 Å². The summed E-state index contributed by atoms with van der Waals surface area (Å²) in [7, 11) is 0. The molecule has 31 heavy (non-hydrogen) atoms. The van der Waals surface area contributed by atoms with Crippen molar-refractivity contribution >= 4 is 35.2 Å². The SMILES string of the molecule is Nc1ccn([C@@H]2CS[C@@H](CO)O2)c(=O)n1.Nc1nc(=O)n([C@@H]2CS[C@@H](CO)O2)cc1F. The zero-order chi connectivity index (χ0) is 22.5. The van der Waals surface area contributed by atoms with Gasteiger partial charge in [0.1, 0.15) is 29.1 Å². The Hall–Kier alpha value is -2.17. The molecule has 0 amide bonds. The summed E-state index contributed by atoms with van der Waals surface area (Å²) in [4.78, 5) is 29.8. The quantitative estimate of drug-likeness (QED) is 0.421. The van der Waals surface area contributed by atoms with E-state index in [-0.39, 0.29) is 30.7 Å². The summed E-state index contributed by atoms with van der Waals surface area (Å²) >= 11 is 2.82. The fraction of sp³-hybridized carbons (Fsp3) is 0.500. The van der Waals surface area contributed by atoms with Gasteiger partial charge in [0.15, 0.2) is 11.6 Å². The molecule has 2 fully saturated rings. The first-order chi connectivity index (χ1) is 14.8. The molecule has 2 aromatic heterocycles. The molecule has 2 saturated heterocycles. The van der Waals surface area contributed by atoms with E-state index in [1.165, 1.54) is 28.1 Å². The monoisotopic (exact) mass is 476 g/mol. The van der Waals surface area contributed by atoms with Gasteiger partial charge in [0.2, 0.25) is 0 Å². The van der Waals surface area contributed by atoms with Crippen molar-refractivity contribution in [3.05, 3.63) is 45.2 Å². The minimum atomic E-state index is -0.763. The number of aliphatic hydroxyl groups is 2. The molecule has 4 atom stereocenters. The molecule has 2 aliphatic rings. The molecule has 4 heterocycles. The number of halogens is 1. The molecule has 0 saturated carbocycles. The molecule has 0 radical (unpaired) electrons. The fourth-order valence-corrected chi connectivity index (χ4v) is 4.54. The summed E-state index contributed by atoms with van der Waals surface area (Å²) in [5.41, 5.74) is 8.77. The van der Waals surface area contributed by atoms with Crippen molar-refractivity contribution in [3.63, 3.8) is 0 Å². The number of thioether (sulfide) groups is 2. The number of nitrogen functional groups attached to an aromatic ring is 2. The summed E-state index contributed by atoms with van der Waals surface area (Å²) in [6.45, 7) is -0.209. The molecular weight excluding hydrogens is 455 g/mol. The maximum atomic E-state index is 13.1. The van der Waals surface area contributed by atoms with Gasteiger partial charge < -0.3 is 31.2 Å². The number of aromatic nitrogens is 4. The van der Waals surface area contributed by atoms with Crippen molar-refractivity contribution in [1.82, 2.24) is 19.1 Å². The van der Waals surface area contributed by atoms with Gasteiger partial charge >= 0.3 is 11.4 Å². The van der Waals surface area contributed by atoms with Gasteiger partial charge in [-0.1, -0.05) is 0 Å². The fourth-order valence-electron chi connectivity index (χ4n) is 2.68. The number of hydrogen-bond donors (Lipinski definition) is 4. The van der Waals surface area contributed by atoms with E-state index in [0.29, 0.717) is 11.5 Å². The van der Waals surface area contributed by atoms with Gasteiger partial charge in [0.05, 0.1) is 19.4 Å². The van der Waals surface area contributed by atoms with E-state index in [2.05, 4.69) is 9.97 Å². The van der Waals surface area contributed by atoms with Gasteiger partial charge in [-0.05, 0) is 6.07 Å². The lowest BCUT2D eigenvalue weighted by Gasteiger charge is -2.13. The number of aliphatic hydroxyl groups excluding tert-OH is 2. The first-order valence-corrected chi connectivity index (χ1v) is 11.1. The highest BCUT2D eigenvalue weighted by atomic mass is 32.2. The van der Waals surface area contributed by atoms with Crippen LogP contribution in [-0.2, 0) is 9.47 Å². The van der Waals surface area contributed by atoms with Crippen molar-refractivity contribution < 1.29 is 24.1 Å². The van der Waals surface area contributed by atoms with E-state index in [0.717, 1.165) is 10.8 Å². The second-order valence-electron chi connectivity index (χ2n) is 6.28. The number of hydrogen-bond acceptors (Lipinski definition) is 12. The van der Waals surface area contributed by atoms with E-state index in [9.17, 15) is 14.0 Å². The maximum Gasteiger partial charge on any atom is 0.351 e. The van der Waals surface area contributed by atoms with E-state index >= 15 is 0 Å². The smallest absolute Gasteiger partial charge is 0.351 e. The number of rotatable bonds is 4. The summed E-state index contributed by atoms with van der Waals surface area (Å²) < 4.78 is 26.3. The second kappa shape index (κ2) is 10.4. The summed E-state index contributed by atoms with van der Waals surface area (Å²) in [6, 6.07) is 1.54. The molecule has 2 aromatic rings. The zero-order valence-corrected chi connectivity index (χ0v) is 17.7. The first-order valence-electron chi connectivity index (χ1n) is 8.97. The Morgan fingerprint density at radius 3 is 2.10 bits per heavy atom. The van der Waals surface area contributed by atoms with Crippen LogP contribution in [0.15, 0.2) is 28.0 Å². The van der Waals surface area contributed by atoms with Crippen LogP contribution < -0.4 is 22.8 Å². The predicted octanol–water partition coefficient (Wildman–Crippen LogP) is -1.05.